The average molecular weight is 384 g/mol. The maximum atomic E-state index is 12.9. The maximum absolute atomic E-state index is 12.9. The summed E-state index contributed by atoms with van der Waals surface area (Å²) in [6, 6.07) is 14.6. The van der Waals surface area contributed by atoms with Gasteiger partial charge in [-0.2, -0.15) is 0 Å². The van der Waals surface area contributed by atoms with Crippen molar-refractivity contribution < 1.29 is 18.7 Å². The average Bonchev–Trinajstić information content (AvgIpc) is 3.06. The summed E-state index contributed by atoms with van der Waals surface area (Å²) >= 11 is 1.22. The second-order valence-corrected chi connectivity index (χ2v) is 7.02. The van der Waals surface area contributed by atoms with E-state index in [0.29, 0.717) is 16.3 Å². The molecule has 1 atom stereocenters. The van der Waals surface area contributed by atoms with Gasteiger partial charge in [-0.05, 0) is 38.1 Å². The van der Waals surface area contributed by atoms with Crippen molar-refractivity contribution in [1.82, 2.24) is 4.98 Å². The molecular weight excluding hydrogens is 367 g/mol. The van der Waals surface area contributed by atoms with Crippen molar-refractivity contribution in [3.63, 3.8) is 0 Å². The second kappa shape index (κ2) is 8.09. The van der Waals surface area contributed by atoms with Crippen molar-refractivity contribution in [3.05, 3.63) is 70.3 Å². The van der Waals surface area contributed by atoms with Crippen LogP contribution in [0.2, 0.25) is 0 Å². The highest BCUT2D eigenvalue weighted by Crippen LogP contribution is 2.29. The molecule has 3 aromatic rings. The Morgan fingerprint density at radius 1 is 1.11 bits per heavy atom. The van der Waals surface area contributed by atoms with Crippen LogP contribution in [0.15, 0.2) is 54.6 Å². The minimum absolute atomic E-state index is 0.347. The van der Waals surface area contributed by atoms with Crippen LogP contribution in [0.25, 0.3) is 11.3 Å². The standard InChI is InChI=1S/C20H17FN2O3S/c1-12(19(24)23-16-10-8-15(21)9-11-16)26-20(25)18-17(22-13(2)27-18)14-6-4-3-5-7-14/h3-12H,1-2H3,(H,23,24)/t12-/m0/s1. The number of hydrogen-bond acceptors (Lipinski definition) is 5. The number of rotatable bonds is 5. The third-order valence-corrected chi connectivity index (χ3v) is 4.68. The summed E-state index contributed by atoms with van der Waals surface area (Å²) in [5.74, 6) is -1.51. The van der Waals surface area contributed by atoms with E-state index in [0.717, 1.165) is 10.6 Å². The molecule has 0 saturated carbocycles. The molecule has 0 bridgehead atoms. The van der Waals surface area contributed by atoms with Gasteiger partial charge in [-0.25, -0.2) is 14.2 Å². The van der Waals surface area contributed by atoms with Crippen LogP contribution in [0.3, 0.4) is 0 Å². The zero-order chi connectivity index (χ0) is 19.4. The number of halogens is 1. The Morgan fingerprint density at radius 3 is 2.44 bits per heavy atom. The number of ether oxygens (including phenoxy) is 1. The predicted molar refractivity (Wildman–Crippen MR) is 102 cm³/mol. The molecule has 0 fully saturated rings. The van der Waals surface area contributed by atoms with Gasteiger partial charge in [-0.3, -0.25) is 4.79 Å². The summed E-state index contributed by atoms with van der Waals surface area (Å²) in [6.45, 7) is 3.28. The normalized spacial score (nSPS) is 11.7. The molecule has 0 unspecified atom stereocenters. The minimum atomic E-state index is -1.02. The van der Waals surface area contributed by atoms with Crippen LogP contribution < -0.4 is 5.32 Å². The summed E-state index contributed by atoms with van der Waals surface area (Å²) < 4.78 is 18.3. The third-order valence-electron chi connectivity index (χ3n) is 3.73. The monoisotopic (exact) mass is 384 g/mol. The lowest BCUT2D eigenvalue weighted by Gasteiger charge is -2.13. The van der Waals surface area contributed by atoms with E-state index in [1.54, 1.807) is 6.92 Å². The largest absolute Gasteiger partial charge is 0.448 e. The van der Waals surface area contributed by atoms with Crippen molar-refractivity contribution in [2.24, 2.45) is 0 Å². The SMILES string of the molecule is Cc1nc(-c2ccccc2)c(C(=O)O[C@@H](C)C(=O)Nc2ccc(F)cc2)s1. The maximum Gasteiger partial charge on any atom is 0.351 e. The molecule has 0 aliphatic rings. The van der Waals surface area contributed by atoms with Crippen molar-refractivity contribution >= 4 is 28.9 Å². The fraction of sp³-hybridized carbons (Fsp3) is 0.150. The van der Waals surface area contributed by atoms with Gasteiger partial charge in [0.2, 0.25) is 0 Å². The highest BCUT2D eigenvalue weighted by atomic mass is 32.1. The number of benzene rings is 2. The number of thiazole rings is 1. The van der Waals surface area contributed by atoms with E-state index in [2.05, 4.69) is 10.3 Å². The van der Waals surface area contributed by atoms with Gasteiger partial charge < -0.3 is 10.1 Å². The molecule has 0 saturated heterocycles. The van der Waals surface area contributed by atoms with Crippen LogP contribution in [0.1, 0.15) is 21.6 Å². The topological polar surface area (TPSA) is 68.3 Å². The summed E-state index contributed by atoms with van der Waals surface area (Å²) in [7, 11) is 0. The Hall–Kier alpha value is -3.06. The Balaban J connectivity index is 1.71. The van der Waals surface area contributed by atoms with Gasteiger partial charge in [0, 0.05) is 11.3 Å². The third kappa shape index (κ3) is 4.57. The minimum Gasteiger partial charge on any atom is -0.448 e. The van der Waals surface area contributed by atoms with Crippen LogP contribution in [0.4, 0.5) is 10.1 Å². The van der Waals surface area contributed by atoms with Crippen LogP contribution in [0, 0.1) is 12.7 Å². The lowest BCUT2D eigenvalue weighted by Crippen LogP contribution is -2.29. The molecule has 138 valence electrons. The number of carbonyl (C=O) groups is 2. The number of nitrogens with zero attached hydrogens (tertiary/aromatic N) is 1. The molecule has 0 radical (unpaired) electrons. The second-order valence-electron chi connectivity index (χ2n) is 5.82. The smallest absolute Gasteiger partial charge is 0.351 e. The van der Waals surface area contributed by atoms with Crippen LogP contribution in [-0.2, 0) is 9.53 Å². The van der Waals surface area contributed by atoms with E-state index in [1.165, 1.54) is 42.5 Å². The lowest BCUT2D eigenvalue weighted by molar-refractivity contribution is -0.123. The van der Waals surface area contributed by atoms with E-state index in [-0.39, 0.29) is 0 Å². The van der Waals surface area contributed by atoms with Crippen LogP contribution >= 0.6 is 11.3 Å². The number of nitrogens with one attached hydrogen (secondary N) is 1. The number of amides is 1. The summed E-state index contributed by atoms with van der Waals surface area (Å²) in [5.41, 5.74) is 1.76. The van der Waals surface area contributed by atoms with E-state index < -0.39 is 23.8 Å². The number of anilines is 1. The van der Waals surface area contributed by atoms with Crippen molar-refractivity contribution in [2.75, 3.05) is 5.32 Å². The highest BCUT2D eigenvalue weighted by Gasteiger charge is 2.24. The molecule has 1 N–H and O–H groups in total. The first-order chi connectivity index (χ1) is 12.9. The first-order valence-corrected chi connectivity index (χ1v) is 9.06. The van der Waals surface area contributed by atoms with E-state index in [9.17, 15) is 14.0 Å². The molecule has 5 nitrogen and oxygen atoms in total. The zero-order valence-electron chi connectivity index (χ0n) is 14.7. The first-order valence-electron chi connectivity index (χ1n) is 8.24. The fourth-order valence-corrected chi connectivity index (χ4v) is 3.23. The predicted octanol–water partition coefficient (Wildman–Crippen LogP) is 4.44. The quantitative estimate of drug-likeness (QED) is 0.660. The van der Waals surface area contributed by atoms with E-state index in [1.807, 2.05) is 30.3 Å². The van der Waals surface area contributed by atoms with Gasteiger partial charge in [0.05, 0.1) is 10.7 Å². The van der Waals surface area contributed by atoms with Gasteiger partial charge in [0.15, 0.2) is 6.10 Å². The highest BCUT2D eigenvalue weighted by molar-refractivity contribution is 7.14. The molecule has 0 spiro atoms. The summed E-state index contributed by atoms with van der Waals surface area (Å²) in [4.78, 5) is 29.6. The molecule has 0 aliphatic carbocycles. The molecule has 1 amide bonds. The Kier molecular flexibility index (Phi) is 5.61. The number of esters is 1. The fourth-order valence-electron chi connectivity index (χ4n) is 2.40. The molecule has 0 aliphatic heterocycles. The van der Waals surface area contributed by atoms with Gasteiger partial charge in [0.25, 0.3) is 5.91 Å². The summed E-state index contributed by atoms with van der Waals surface area (Å²) in [5, 5.41) is 3.31. The van der Waals surface area contributed by atoms with Gasteiger partial charge in [0.1, 0.15) is 10.7 Å². The van der Waals surface area contributed by atoms with Gasteiger partial charge in [-0.15, -0.1) is 11.3 Å². The summed E-state index contributed by atoms with van der Waals surface area (Å²) in [6.07, 6.45) is -1.02. The van der Waals surface area contributed by atoms with Crippen molar-refractivity contribution in [2.45, 2.75) is 20.0 Å². The van der Waals surface area contributed by atoms with Gasteiger partial charge in [-0.1, -0.05) is 30.3 Å². The lowest BCUT2D eigenvalue weighted by atomic mass is 10.1. The first kappa shape index (κ1) is 18.7. The number of aryl methyl sites for hydroxylation is 1. The van der Waals surface area contributed by atoms with E-state index >= 15 is 0 Å². The Morgan fingerprint density at radius 2 is 1.78 bits per heavy atom. The van der Waals surface area contributed by atoms with Gasteiger partial charge >= 0.3 is 5.97 Å². The van der Waals surface area contributed by atoms with Crippen molar-refractivity contribution in [3.8, 4) is 11.3 Å². The molecule has 1 heterocycles. The number of hydrogen-bond donors (Lipinski definition) is 1. The van der Waals surface area contributed by atoms with E-state index in [4.69, 9.17) is 4.74 Å². The van der Waals surface area contributed by atoms with Crippen molar-refractivity contribution in [1.29, 1.82) is 0 Å². The Labute approximate surface area is 159 Å². The van der Waals surface area contributed by atoms with Crippen LogP contribution in [-0.4, -0.2) is 23.0 Å². The van der Waals surface area contributed by atoms with Crippen LogP contribution in [0.5, 0.6) is 0 Å². The molecule has 27 heavy (non-hydrogen) atoms. The molecular formula is C20H17FN2O3S. The number of carbonyl (C=O) groups excluding carboxylic acids is 2. The number of aromatic nitrogens is 1. The molecule has 2 aromatic carbocycles. The molecule has 1 aromatic heterocycles. The molecule has 3 rings (SSSR count). The Bertz CT molecular complexity index is 955. The zero-order valence-corrected chi connectivity index (χ0v) is 15.5. The molecule has 7 heteroatoms.